The van der Waals surface area contributed by atoms with Crippen LogP contribution in [0.1, 0.15) is 24.5 Å². The number of benzene rings is 1. The monoisotopic (exact) mass is 239 g/mol. The highest BCUT2D eigenvalue weighted by Gasteiger charge is 2.14. The standard InChI is InChI=1S/C13H18ClNO/c1-2-11-7-10(3-4-13(11)14)9-16-12-5-6-15-8-12/h3-4,7,12,15H,2,5-6,8-9H2,1H3. The molecule has 2 nitrogen and oxygen atoms in total. The van der Waals surface area contributed by atoms with Gasteiger partial charge in [0.25, 0.3) is 0 Å². The number of ether oxygens (including phenoxy) is 1. The van der Waals surface area contributed by atoms with Crippen molar-refractivity contribution in [1.82, 2.24) is 5.32 Å². The zero-order valence-corrected chi connectivity index (χ0v) is 10.4. The molecular formula is C13H18ClNO. The first-order valence-corrected chi connectivity index (χ1v) is 6.27. The topological polar surface area (TPSA) is 21.3 Å². The van der Waals surface area contributed by atoms with E-state index in [4.69, 9.17) is 16.3 Å². The van der Waals surface area contributed by atoms with Crippen LogP contribution in [0.15, 0.2) is 18.2 Å². The predicted octanol–water partition coefficient (Wildman–Crippen LogP) is 2.78. The molecule has 1 aromatic carbocycles. The Hall–Kier alpha value is -0.570. The summed E-state index contributed by atoms with van der Waals surface area (Å²) in [6.45, 7) is 4.86. The van der Waals surface area contributed by atoms with Gasteiger partial charge >= 0.3 is 0 Å². The number of hydrogen-bond donors (Lipinski definition) is 1. The maximum atomic E-state index is 6.07. The third kappa shape index (κ3) is 2.97. The van der Waals surface area contributed by atoms with Gasteiger partial charge in [0.15, 0.2) is 0 Å². The number of aryl methyl sites for hydroxylation is 1. The predicted molar refractivity (Wildman–Crippen MR) is 66.9 cm³/mol. The summed E-state index contributed by atoms with van der Waals surface area (Å²) in [5.41, 5.74) is 2.42. The number of rotatable bonds is 4. The molecule has 1 fully saturated rings. The molecule has 1 heterocycles. The lowest BCUT2D eigenvalue weighted by molar-refractivity contribution is 0.0542. The SMILES string of the molecule is CCc1cc(COC2CCNC2)ccc1Cl. The van der Waals surface area contributed by atoms with E-state index in [1.165, 1.54) is 11.1 Å². The number of hydrogen-bond acceptors (Lipinski definition) is 2. The highest BCUT2D eigenvalue weighted by molar-refractivity contribution is 6.31. The van der Waals surface area contributed by atoms with Crippen LogP contribution in [0, 0.1) is 0 Å². The molecule has 3 heteroatoms. The normalized spacial score (nSPS) is 20.2. The van der Waals surface area contributed by atoms with Crippen molar-refractivity contribution >= 4 is 11.6 Å². The zero-order valence-electron chi connectivity index (χ0n) is 9.63. The molecule has 1 N–H and O–H groups in total. The largest absolute Gasteiger partial charge is 0.372 e. The maximum absolute atomic E-state index is 6.07. The van der Waals surface area contributed by atoms with E-state index in [0.717, 1.165) is 31.0 Å². The molecular weight excluding hydrogens is 222 g/mol. The van der Waals surface area contributed by atoms with Gasteiger partial charge in [-0.3, -0.25) is 0 Å². The van der Waals surface area contributed by atoms with Gasteiger partial charge in [0, 0.05) is 11.6 Å². The van der Waals surface area contributed by atoms with Crippen LogP contribution in [0.5, 0.6) is 0 Å². The van der Waals surface area contributed by atoms with Gasteiger partial charge in [-0.25, -0.2) is 0 Å². The van der Waals surface area contributed by atoms with Crippen LogP contribution in [0.4, 0.5) is 0 Å². The molecule has 1 aromatic rings. The van der Waals surface area contributed by atoms with Crippen LogP contribution in [0.3, 0.4) is 0 Å². The van der Waals surface area contributed by atoms with E-state index in [1.54, 1.807) is 0 Å². The average Bonchev–Trinajstić information content (AvgIpc) is 2.81. The molecule has 1 atom stereocenters. The van der Waals surface area contributed by atoms with Gasteiger partial charge < -0.3 is 10.1 Å². The Morgan fingerprint density at radius 1 is 1.50 bits per heavy atom. The number of halogens is 1. The Labute approximate surface area is 102 Å². The molecule has 0 spiro atoms. The van der Waals surface area contributed by atoms with Crippen molar-refractivity contribution in [3.63, 3.8) is 0 Å². The summed E-state index contributed by atoms with van der Waals surface area (Å²) in [6.07, 6.45) is 2.46. The molecule has 1 saturated heterocycles. The van der Waals surface area contributed by atoms with E-state index < -0.39 is 0 Å². The zero-order chi connectivity index (χ0) is 11.4. The van der Waals surface area contributed by atoms with E-state index in [2.05, 4.69) is 18.3 Å². The van der Waals surface area contributed by atoms with Crippen LogP contribution in [0.25, 0.3) is 0 Å². The fraction of sp³-hybridized carbons (Fsp3) is 0.538. The summed E-state index contributed by atoms with van der Waals surface area (Å²) >= 11 is 6.07. The molecule has 1 aliphatic heterocycles. The second-order valence-electron chi connectivity index (χ2n) is 4.21. The minimum absolute atomic E-state index is 0.376. The fourth-order valence-corrected chi connectivity index (χ4v) is 2.22. The Bertz CT molecular complexity index is 348. The third-order valence-corrected chi connectivity index (χ3v) is 3.36. The Morgan fingerprint density at radius 3 is 3.06 bits per heavy atom. The van der Waals surface area contributed by atoms with Gasteiger partial charge in [0.2, 0.25) is 0 Å². The summed E-state index contributed by atoms with van der Waals surface area (Å²) < 4.78 is 5.82. The quantitative estimate of drug-likeness (QED) is 0.873. The highest BCUT2D eigenvalue weighted by atomic mass is 35.5. The van der Waals surface area contributed by atoms with Crippen LogP contribution in [-0.2, 0) is 17.8 Å². The summed E-state index contributed by atoms with van der Waals surface area (Å²) in [7, 11) is 0. The molecule has 0 saturated carbocycles. The first kappa shape index (κ1) is 11.9. The average molecular weight is 240 g/mol. The first-order valence-electron chi connectivity index (χ1n) is 5.89. The molecule has 2 rings (SSSR count). The van der Waals surface area contributed by atoms with Gasteiger partial charge in [0.05, 0.1) is 12.7 Å². The molecule has 16 heavy (non-hydrogen) atoms. The lowest BCUT2D eigenvalue weighted by Crippen LogP contribution is -2.16. The summed E-state index contributed by atoms with van der Waals surface area (Å²) in [4.78, 5) is 0. The van der Waals surface area contributed by atoms with Gasteiger partial charge in [-0.1, -0.05) is 30.7 Å². The molecule has 0 aliphatic carbocycles. The molecule has 0 aromatic heterocycles. The highest BCUT2D eigenvalue weighted by Crippen LogP contribution is 2.19. The molecule has 88 valence electrons. The van der Waals surface area contributed by atoms with Gasteiger partial charge in [0.1, 0.15) is 0 Å². The van der Waals surface area contributed by atoms with Crippen molar-refractivity contribution in [2.75, 3.05) is 13.1 Å². The van der Waals surface area contributed by atoms with Crippen molar-refractivity contribution in [1.29, 1.82) is 0 Å². The molecule has 0 bridgehead atoms. The van der Waals surface area contributed by atoms with Crippen molar-refractivity contribution in [3.05, 3.63) is 34.3 Å². The van der Waals surface area contributed by atoms with Crippen molar-refractivity contribution in [2.45, 2.75) is 32.5 Å². The van der Waals surface area contributed by atoms with Gasteiger partial charge in [-0.2, -0.15) is 0 Å². The summed E-state index contributed by atoms with van der Waals surface area (Å²) in [5.74, 6) is 0. The van der Waals surface area contributed by atoms with Gasteiger partial charge in [-0.05, 0) is 36.6 Å². The molecule has 1 aliphatic rings. The van der Waals surface area contributed by atoms with Crippen LogP contribution < -0.4 is 5.32 Å². The number of nitrogens with one attached hydrogen (secondary N) is 1. The van der Waals surface area contributed by atoms with Crippen LogP contribution in [-0.4, -0.2) is 19.2 Å². The minimum Gasteiger partial charge on any atom is -0.372 e. The summed E-state index contributed by atoms with van der Waals surface area (Å²) in [5, 5.41) is 4.15. The minimum atomic E-state index is 0.376. The Kier molecular flexibility index (Phi) is 4.22. The van der Waals surface area contributed by atoms with Crippen LogP contribution >= 0.6 is 11.6 Å². The lowest BCUT2D eigenvalue weighted by atomic mass is 10.1. The van der Waals surface area contributed by atoms with E-state index >= 15 is 0 Å². The van der Waals surface area contributed by atoms with E-state index in [9.17, 15) is 0 Å². The molecule has 0 amide bonds. The lowest BCUT2D eigenvalue weighted by Gasteiger charge is -2.11. The Balaban J connectivity index is 1.93. The van der Waals surface area contributed by atoms with Crippen LogP contribution in [0.2, 0.25) is 5.02 Å². The first-order chi connectivity index (χ1) is 7.79. The second kappa shape index (κ2) is 5.67. The Morgan fingerprint density at radius 2 is 2.38 bits per heavy atom. The second-order valence-corrected chi connectivity index (χ2v) is 4.61. The van der Waals surface area contributed by atoms with Crippen molar-refractivity contribution in [2.24, 2.45) is 0 Å². The fourth-order valence-electron chi connectivity index (χ4n) is 1.97. The third-order valence-electron chi connectivity index (χ3n) is 2.99. The molecule has 0 radical (unpaired) electrons. The summed E-state index contributed by atoms with van der Waals surface area (Å²) in [6, 6.07) is 6.15. The van der Waals surface area contributed by atoms with E-state index in [0.29, 0.717) is 12.7 Å². The van der Waals surface area contributed by atoms with Crippen molar-refractivity contribution in [3.8, 4) is 0 Å². The van der Waals surface area contributed by atoms with E-state index in [-0.39, 0.29) is 0 Å². The van der Waals surface area contributed by atoms with Gasteiger partial charge in [-0.15, -0.1) is 0 Å². The van der Waals surface area contributed by atoms with E-state index in [1.807, 2.05) is 12.1 Å². The van der Waals surface area contributed by atoms with Crippen molar-refractivity contribution < 1.29 is 4.74 Å². The maximum Gasteiger partial charge on any atom is 0.0721 e. The molecule has 1 unspecified atom stereocenters. The smallest absolute Gasteiger partial charge is 0.0721 e.